The molecule has 1 aromatic rings. The summed E-state index contributed by atoms with van der Waals surface area (Å²) in [5, 5.41) is 17.5. The second-order valence-corrected chi connectivity index (χ2v) is 9.89. The third-order valence-corrected chi connectivity index (χ3v) is 7.56. The van der Waals surface area contributed by atoms with Gasteiger partial charge in [-0.1, -0.05) is 17.7 Å². The minimum absolute atomic E-state index is 0.110. The lowest BCUT2D eigenvalue weighted by atomic mass is 9.98. The normalized spacial score (nSPS) is 16.5. The van der Waals surface area contributed by atoms with Crippen LogP contribution in [0, 0.1) is 32.1 Å². The molecule has 0 unspecified atom stereocenters. The van der Waals surface area contributed by atoms with Crippen LogP contribution in [-0.2, 0) is 24.3 Å². The van der Waals surface area contributed by atoms with Crippen LogP contribution in [0.5, 0.6) is 0 Å². The largest absolute Gasteiger partial charge is 0.508 e. The van der Waals surface area contributed by atoms with Crippen molar-refractivity contribution in [3.8, 4) is 0 Å². The lowest BCUT2D eigenvalue weighted by molar-refractivity contribution is -0.149. The van der Waals surface area contributed by atoms with Gasteiger partial charge in [0.05, 0.1) is 16.4 Å². The van der Waals surface area contributed by atoms with Gasteiger partial charge in [-0.15, -0.1) is 0 Å². The summed E-state index contributed by atoms with van der Waals surface area (Å²) in [4.78, 5) is 24.2. The first-order chi connectivity index (χ1) is 14.4. The zero-order valence-corrected chi connectivity index (χ0v) is 19.4. The number of ether oxygens (including phenoxy) is 1. The first-order valence-corrected chi connectivity index (χ1v) is 11.5. The van der Waals surface area contributed by atoms with E-state index in [0.717, 1.165) is 5.56 Å². The molecule has 170 valence electrons. The van der Waals surface area contributed by atoms with Gasteiger partial charge in [-0.2, -0.15) is 4.31 Å². The lowest BCUT2D eigenvalue weighted by Crippen LogP contribution is -2.41. The van der Waals surface area contributed by atoms with Crippen LogP contribution in [0.25, 0.3) is 0 Å². The van der Waals surface area contributed by atoms with Crippen LogP contribution in [0.1, 0.15) is 43.4 Å². The van der Waals surface area contributed by atoms with E-state index in [1.54, 1.807) is 13.8 Å². The van der Waals surface area contributed by atoms with Gasteiger partial charge < -0.3 is 15.3 Å². The number of hydrogen-bond donors (Lipinski definition) is 2. The average molecular weight is 451 g/mol. The number of Topliss-reactive ketones (excluding diaryl/α,β-unsaturated/α-hetero) is 1. The van der Waals surface area contributed by atoms with Gasteiger partial charge in [0.15, 0.2) is 5.78 Å². The number of nitrogens with one attached hydrogen (secondary N) is 1. The number of ketones is 1. The van der Waals surface area contributed by atoms with E-state index < -0.39 is 40.1 Å². The highest BCUT2D eigenvalue weighted by Crippen LogP contribution is 2.29. The van der Waals surface area contributed by atoms with Gasteiger partial charge in [-0.3, -0.25) is 9.59 Å². The summed E-state index contributed by atoms with van der Waals surface area (Å²) in [5.74, 6) is -2.00. The molecule has 0 atom stereocenters. The quantitative estimate of drug-likeness (QED) is 0.285. The molecule has 0 saturated carbocycles. The maximum atomic E-state index is 13.2. The number of hydrogen-bond acceptors (Lipinski definition) is 7. The molecule has 0 amide bonds. The molecule has 9 heteroatoms. The number of sulfonamides is 1. The fourth-order valence-electron chi connectivity index (χ4n) is 4.05. The second kappa shape index (κ2) is 9.74. The molecule has 8 nitrogen and oxygen atoms in total. The molecular formula is C22H30N2O6S. The Bertz CT molecular complexity index is 995. The Morgan fingerprint density at radius 3 is 2.10 bits per heavy atom. The second-order valence-electron chi connectivity index (χ2n) is 8.02. The molecule has 2 N–H and O–H groups in total. The third kappa shape index (κ3) is 5.59. The number of carbonyl (C=O) groups is 2. The molecule has 1 aromatic carbocycles. The molecule has 1 fully saturated rings. The number of rotatable bonds is 7. The zero-order chi connectivity index (χ0) is 23.5. The van der Waals surface area contributed by atoms with E-state index in [1.165, 1.54) is 18.2 Å². The molecule has 2 rings (SSSR count). The standard InChI is InChI=1S/C22H30N2O6S/c1-13-10-14(2)21(15(3)11-13)31(28,29)24-8-6-18(7-9-24)22(27)30-12-19(26)20(16(4)23)17(5)25/h10-11,18,23,26H,6-9,12H2,1-5H3/b20-19-,23-16?. The number of allylic oxidation sites excluding steroid dienone is 1. The summed E-state index contributed by atoms with van der Waals surface area (Å²) in [6.07, 6.45) is 0.602. The van der Waals surface area contributed by atoms with Crippen molar-refractivity contribution >= 4 is 27.5 Å². The first-order valence-electron chi connectivity index (χ1n) is 10.1. The summed E-state index contributed by atoms with van der Waals surface area (Å²) in [7, 11) is -3.67. The molecule has 1 aliphatic rings. The van der Waals surface area contributed by atoms with E-state index in [4.69, 9.17) is 10.1 Å². The molecule has 1 heterocycles. The van der Waals surface area contributed by atoms with E-state index in [0.29, 0.717) is 28.9 Å². The van der Waals surface area contributed by atoms with E-state index in [2.05, 4.69) is 0 Å². The molecule has 31 heavy (non-hydrogen) atoms. The summed E-state index contributed by atoms with van der Waals surface area (Å²) < 4.78 is 32.8. The number of aryl methyl sites for hydroxylation is 3. The fourth-order valence-corrected chi connectivity index (χ4v) is 5.93. The molecule has 0 aliphatic carbocycles. The summed E-state index contributed by atoms with van der Waals surface area (Å²) >= 11 is 0. The number of benzene rings is 1. The number of aliphatic hydroxyl groups is 1. The van der Waals surface area contributed by atoms with Crippen LogP contribution in [0.3, 0.4) is 0 Å². The van der Waals surface area contributed by atoms with Gasteiger partial charge in [0.25, 0.3) is 0 Å². The van der Waals surface area contributed by atoms with Gasteiger partial charge >= 0.3 is 5.97 Å². The number of carbonyl (C=O) groups excluding carboxylic acids is 2. The van der Waals surface area contributed by atoms with Crippen molar-refractivity contribution < 1.29 is 27.9 Å². The highest BCUT2D eigenvalue weighted by molar-refractivity contribution is 7.89. The van der Waals surface area contributed by atoms with Crippen molar-refractivity contribution in [2.24, 2.45) is 5.92 Å². The fraction of sp³-hybridized carbons (Fsp3) is 0.500. The summed E-state index contributed by atoms with van der Waals surface area (Å²) in [5.41, 5.74) is 2.12. The molecule has 0 radical (unpaired) electrons. The van der Waals surface area contributed by atoms with Crippen molar-refractivity contribution in [1.29, 1.82) is 5.41 Å². The monoisotopic (exact) mass is 450 g/mol. The molecule has 1 saturated heterocycles. The van der Waals surface area contributed by atoms with Crippen molar-refractivity contribution in [2.45, 2.75) is 52.4 Å². The SMILES string of the molecule is CC(=N)/C(C(C)=O)=C(/O)COC(=O)C1CCN(S(=O)(=O)c2c(C)cc(C)cc2C)CC1. The van der Waals surface area contributed by atoms with Crippen molar-refractivity contribution in [1.82, 2.24) is 4.31 Å². The van der Waals surface area contributed by atoms with Crippen LogP contribution in [-0.4, -0.2) is 55.0 Å². The summed E-state index contributed by atoms with van der Waals surface area (Å²) in [6, 6.07) is 3.69. The van der Waals surface area contributed by atoms with Gasteiger partial charge in [0, 0.05) is 18.8 Å². The van der Waals surface area contributed by atoms with Crippen molar-refractivity contribution in [2.75, 3.05) is 19.7 Å². The number of aliphatic hydroxyl groups excluding tert-OH is 1. The van der Waals surface area contributed by atoms with Crippen LogP contribution < -0.4 is 0 Å². The highest BCUT2D eigenvalue weighted by Gasteiger charge is 2.34. The third-order valence-electron chi connectivity index (χ3n) is 5.36. The van der Waals surface area contributed by atoms with Crippen LogP contribution >= 0.6 is 0 Å². The van der Waals surface area contributed by atoms with E-state index in [9.17, 15) is 23.1 Å². The number of nitrogens with zero attached hydrogens (tertiary/aromatic N) is 1. The van der Waals surface area contributed by atoms with E-state index in [-0.39, 0.29) is 24.4 Å². The highest BCUT2D eigenvalue weighted by atomic mass is 32.2. The minimum Gasteiger partial charge on any atom is -0.508 e. The Kier molecular flexibility index (Phi) is 7.77. The van der Waals surface area contributed by atoms with Crippen LogP contribution in [0.15, 0.2) is 28.4 Å². The predicted octanol–water partition coefficient (Wildman–Crippen LogP) is 3.00. The predicted molar refractivity (Wildman–Crippen MR) is 117 cm³/mol. The molecular weight excluding hydrogens is 420 g/mol. The smallest absolute Gasteiger partial charge is 0.309 e. The van der Waals surface area contributed by atoms with Gasteiger partial charge in [-0.25, -0.2) is 8.42 Å². The van der Waals surface area contributed by atoms with E-state index >= 15 is 0 Å². The Morgan fingerprint density at radius 2 is 1.65 bits per heavy atom. The maximum absolute atomic E-state index is 13.2. The summed E-state index contributed by atoms with van der Waals surface area (Å²) in [6.45, 7) is 7.95. The topological polar surface area (TPSA) is 125 Å². The lowest BCUT2D eigenvalue weighted by Gasteiger charge is -2.31. The van der Waals surface area contributed by atoms with E-state index in [1.807, 2.05) is 19.1 Å². The Balaban J connectivity index is 2.04. The number of piperidine rings is 1. The molecule has 0 spiro atoms. The van der Waals surface area contributed by atoms with Crippen molar-refractivity contribution in [3.05, 3.63) is 40.2 Å². The Morgan fingerprint density at radius 1 is 1.13 bits per heavy atom. The van der Waals surface area contributed by atoms with Crippen LogP contribution in [0.2, 0.25) is 0 Å². The van der Waals surface area contributed by atoms with Crippen LogP contribution in [0.4, 0.5) is 0 Å². The molecule has 0 bridgehead atoms. The first kappa shape index (κ1) is 24.7. The Labute approximate surface area is 183 Å². The average Bonchev–Trinajstić information content (AvgIpc) is 2.64. The number of esters is 1. The van der Waals surface area contributed by atoms with Gasteiger partial charge in [0.2, 0.25) is 10.0 Å². The molecule has 0 aromatic heterocycles. The maximum Gasteiger partial charge on any atom is 0.309 e. The van der Waals surface area contributed by atoms with Gasteiger partial charge in [0.1, 0.15) is 12.4 Å². The zero-order valence-electron chi connectivity index (χ0n) is 18.6. The Hall–Kier alpha value is -2.52. The van der Waals surface area contributed by atoms with Crippen molar-refractivity contribution in [3.63, 3.8) is 0 Å². The molecule has 1 aliphatic heterocycles. The minimum atomic E-state index is -3.67. The van der Waals surface area contributed by atoms with Gasteiger partial charge in [-0.05, 0) is 58.6 Å².